The summed E-state index contributed by atoms with van der Waals surface area (Å²) in [6.07, 6.45) is 5.95. The monoisotopic (exact) mass is 379 g/mol. The van der Waals surface area contributed by atoms with Crippen molar-refractivity contribution in [2.24, 2.45) is 11.8 Å². The summed E-state index contributed by atoms with van der Waals surface area (Å²) in [7, 11) is 0. The average Bonchev–Trinajstić information content (AvgIpc) is 3.34. The lowest BCUT2D eigenvalue weighted by Gasteiger charge is -2.29. The second-order valence-electron chi connectivity index (χ2n) is 8.31. The first-order chi connectivity index (χ1) is 13.5. The van der Waals surface area contributed by atoms with Crippen LogP contribution in [0.25, 0.3) is 0 Å². The number of ether oxygens (including phenoxy) is 1. The van der Waals surface area contributed by atoms with Gasteiger partial charge in [-0.25, -0.2) is 9.97 Å². The van der Waals surface area contributed by atoms with Crippen molar-refractivity contribution in [1.82, 2.24) is 20.3 Å². The highest BCUT2D eigenvalue weighted by Crippen LogP contribution is 2.54. The van der Waals surface area contributed by atoms with Crippen LogP contribution in [0.3, 0.4) is 0 Å². The second kappa shape index (κ2) is 6.51. The van der Waals surface area contributed by atoms with Crippen LogP contribution in [0.5, 0.6) is 0 Å². The Balaban J connectivity index is 1.29. The Morgan fingerprint density at radius 1 is 1.29 bits per heavy atom. The molecule has 28 heavy (non-hydrogen) atoms. The van der Waals surface area contributed by atoms with E-state index in [1.54, 1.807) is 12.4 Å². The molecular formula is C21H25N5O2. The van der Waals surface area contributed by atoms with Gasteiger partial charge in [0.25, 0.3) is 5.91 Å². The van der Waals surface area contributed by atoms with E-state index in [1.165, 1.54) is 0 Å². The molecule has 5 heterocycles. The molecule has 7 heteroatoms. The van der Waals surface area contributed by atoms with E-state index in [0.717, 1.165) is 43.3 Å². The Morgan fingerprint density at radius 3 is 2.79 bits per heavy atom. The highest BCUT2D eigenvalue weighted by atomic mass is 16.5. The molecule has 0 aliphatic carbocycles. The van der Waals surface area contributed by atoms with Crippen molar-refractivity contribution in [1.29, 1.82) is 0 Å². The van der Waals surface area contributed by atoms with Gasteiger partial charge in [0.1, 0.15) is 0 Å². The van der Waals surface area contributed by atoms with Crippen molar-refractivity contribution < 1.29 is 9.53 Å². The molecule has 5 rings (SSSR count). The molecule has 2 aromatic rings. The summed E-state index contributed by atoms with van der Waals surface area (Å²) < 4.78 is 6.47. The molecule has 1 spiro atoms. The van der Waals surface area contributed by atoms with Crippen LogP contribution in [0.2, 0.25) is 0 Å². The normalized spacial score (nSPS) is 30.5. The zero-order valence-corrected chi connectivity index (χ0v) is 16.3. The Hall–Kier alpha value is -2.54. The van der Waals surface area contributed by atoms with Crippen molar-refractivity contribution in [3.8, 4) is 0 Å². The van der Waals surface area contributed by atoms with Crippen molar-refractivity contribution >= 4 is 11.9 Å². The fourth-order valence-electron chi connectivity index (χ4n) is 5.35. The summed E-state index contributed by atoms with van der Waals surface area (Å²) in [6.45, 7) is 6.19. The number of nitrogens with one attached hydrogen (secondary N) is 1. The molecule has 0 unspecified atom stereocenters. The number of amides is 1. The van der Waals surface area contributed by atoms with E-state index in [4.69, 9.17) is 4.74 Å². The summed E-state index contributed by atoms with van der Waals surface area (Å²) in [5, 5.41) is 3.15. The predicted octanol–water partition coefficient (Wildman–Crippen LogP) is 1.90. The van der Waals surface area contributed by atoms with Crippen molar-refractivity contribution in [3.63, 3.8) is 0 Å². The van der Waals surface area contributed by atoms with E-state index in [0.29, 0.717) is 23.9 Å². The molecule has 1 N–H and O–H groups in total. The fraction of sp³-hybridized carbons (Fsp3) is 0.524. The summed E-state index contributed by atoms with van der Waals surface area (Å²) in [6, 6.07) is 5.51. The van der Waals surface area contributed by atoms with Gasteiger partial charge in [0.05, 0.1) is 18.2 Å². The summed E-state index contributed by atoms with van der Waals surface area (Å²) in [4.78, 5) is 28.1. The highest BCUT2D eigenvalue weighted by molar-refractivity contribution is 5.94. The SMILES string of the molecule is Cc1cc(C(=O)NC[C@H]2[C@H]3CN(c4ncccn4)C[C@]34CC[C@H]2O4)cc(C)n1. The van der Waals surface area contributed by atoms with E-state index in [9.17, 15) is 4.79 Å². The molecule has 3 saturated heterocycles. The first-order valence-electron chi connectivity index (χ1n) is 9.97. The maximum Gasteiger partial charge on any atom is 0.251 e. The number of carbonyl (C=O) groups excluding carboxylic acids is 1. The molecule has 3 aliphatic rings. The minimum atomic E-state index is -0.108. The quantitative estimate of drug-likeness (QED) is 0.874. The number of carbonyl (C=O) groups is 1. The minimum absolute atomic E-state index is 0.0355. The van der Waals surface area contributed by atoms with Gasteiger partial charge < -0.3 is 15.0 Å². The zero-order chi connectivity index (χ0) is 19.3. The third-order valence-corrected chi connectivity index (χ3v) is 6.46. The van der Waals surface area contributed by atoms with Crippen LogP contribution in [0.4, 0.5) is 5.95 Å². The van der Waals surface area contributed by atoms with Gasteiger partial charge in [-0.15, -0.1) is 0 Å². The summed E-state index contributed by atoms with van der Waals surface area (Å²) >= 11 is 0. The van der Waals surface area contributed by atoms with Gasteiger partial charge in [-0.1, -0.05) is 0 Å². The van der Waals surface area contributed by atoms with Crippen LogP contribution in [0.15, 0.2) is 30.6 Å². The van der Waals surface area contributed by atoms with Gasteiger partial charge in [-0.3, -0.25) is 9.78 Å². The van der Waals surface area contributed by atoms with Crippen LogP contribution in [0, 0.1) is 25.7 Å². The molecule has 0 saturated carbocycles. The first kappa shape index (κ1) is 17.6. The number of hydrogen-bond donors (Lipinski definition) is 1. The van der Waals surface area contributed by atoms with Crippen molar-refractivity contribution in [2.75, 3.05) is 24.5 Å². The number of hydrogen-bond acceptors (Lipinski definition) is 6. The zero-order valence-electron chi connectivity index (χ0n) is 16.3. The number of aryl methyl sites for hydroxylation is 2. The maximum absolute atomic E-state index is 12.7. The van der Waals surface area contributed by atoms with Gasteiger partial charge in [0, 0.05) is 54.3 Å². The van der Waals surface area contributed by atoms with Crippen molar-refractivity contribution in [2.45, 2.75) is 38.4 Å². The Bertz CT molecular complexity index is 885. The Morgan fingerprint density at radius 2 is 2.04 bits per heavy atom. The predicted molar refractivity (Wildman–Crippen MR) is 104 cm³/mol. The highest BCUT2D eigenvalue weighted by Gasteiger charge is 2.63. The van der Waals surface area contributed by atoms with Crippen LogP contribution in [-0.4, -0.2) is 52.2 Å². The molecule has 3 fully saturated rings. The molecule has 146 valence electrons. The molecule has 3 aliphatic heterocycles. The molecule has 0 aromatic carbocycles. The number of anilines is 1. The lowest BCUT2D eigenvalue weighted by atomic mass is 9.73. The third kappa shape index (κ3) is 2.85. The van der Waals surface area contributed by atoms with Gasteiger partial charge in [0.15, 0.2) is 0 Å². The standard InChI is InChI=1S/C21H25N5O2/c1-13-8-15(9-14(2)25-13)19(27)24-10-16-17-11-26(20-22-6-3-7-23-20)12-21(17)5-4-18(16)28-21/h3,6-9,16-18H,4-5,10-12H2,1-2H3,(H,24,27)/t16-,17+,18+,21+/m0/s1. The molecule has 4 atom stereocenters. The first-order valence-corrected chi connectivity index (χ1v) is 9.97. The number of fused-ring (bicyclic) bond motifs is 1. The third-order valence-electron chi connectivity index (χ3n) is 6.46. The largest absolute Gasteiger partial charge is 0.369 e. The number of rotatable bonds is 4. The summed E-state index contributed by atoms with van der Waals surface area (Å²) in [5.74, 6) is 1.46. The second-order valence-corrected chi connectivity index (χ2v) is 8.31. The smallest absolute Gasteiger partial charge is 0.251 e. The molecule has 2 bridgehead atoms. The lowest BCUT2D eigenvalue weighted by Crippen LogP contribution is -2.41. The van der Waals surface area contributed by atoms with E-state index in [-0.39, 0.29) is 17.6 Å². The van der Waals surface area contributed by atoms with E-state index in [1.807, 2.05) is 32.0 Å². The van der Waals surface area contributed by atoms with Crippen LogP contribution >= 0.6 is 0 Å². The average molecular weight is 379 g/mol. The molecule has 7 nitrogen and oxygen atoms in total. The van der Waals surface area contributed by atoms with Gasteiger partial charge >= 0.3 is 0 Å². The van der Waals surface area contributed by atoms with E-state index >= 15 is 0 Å². The van der Waals surface area contributed by atoms with Crippen molar-refractivity contribution in [3.05, 3.63) is 47.5 Å². The maximum atomic E-state index is 12.7. The number of nitrogens with zero attached hydrogens (tertiary/aromatic N) is 4. The van der Waals surface area contributed by atoms with Gasteiger partial charge in [-0.2, -0.15) is 0 Å². The Kier molecular flexibility index (Phi) is 4.08. The van der Waals surface area contributed by atoms with Crippen LogP contribution in [0.1, 0.15) is 34.6 Å². The Labute approximate surface area is 164 Å². The van der Waals surface area contributed by atoms with E-state index < -0.39 is 0 Å². The summed E-state index contributed by atoms with van der Waals surface area (Å²) in [5.41, 5.74) is 2.29. The molecule has 0 radical (unpaired) electrons. The minimum Gasteiger partial charge on any atom is -0.369 e. The van der Waals surface area contributed by atoms with Gasteiger partial charge in [0.2, 0.25) is 5.95 Å². The molecule has 1 amide bonds. The van der Waals surface area contributed by atoms with E-state index in [2.05, 4.69) is 25.2 Å². The van der Waals surface area contributed by atoms with Crippen LogP contribution < -0.4 is 10.2 Å². The topological polar surface area (TPSA) is 80.2 Å². The van der Waals surface area contributed by atoms with Crippen LogP contribution in [-0.2, 0) is 4.74 Å². The number of aromatic nitrogens is 3. The molecule has 2 aromatic heterocycles. The molecular weight excluding hydrogens is 354 g/mol. The fourth-order valence-corrected chi connectivity index (χ4v) is 5.35. The number of pyridine rings is 1. The van der Waals surface area contributed by atoms with Gasteiger partial charge in [-0.05, 0) is 44.9 Å². The lowest BCUT2D eigenvalue weighted by molar-refractivity contribution is 0.0141.